The molecule has 0 radical (unpaired) electrons. The number of halogens is 4. The van der Waals surface area contributed by atoms with Crippen LogP contribution in [0.4, 0.5) is 19.1 Å². The van der Waals surface area contributed by atoms with Gasteiger partial charge in [-0.25, -0.2) is 9.50 Å². The van der Waals surface area contributed by atoms with Crippen molar-refractivity contribution in [1.29, 1.82) is 0 Å². The van der Waals surface area contributed by atoms with E-state index in [-0.39, 0.29) is 16.5 Å². The number of aromatic nitrogens is 6. The van der Waals surface area contributed by atoms with Gasteiger partial charge in [-0.2, -0.15) is 23.3 Å². The fourth-order valence-corrected chi connectivity index (χ4v) is 3.37. The summed E-state index contributed by atoms with van der Waals surface area (Å²) in [7, 11) is 1.80. The molecule has 144 valence electrons. The van der Waals surface area contributed by atoms with Gasteiger partial charge >= 0.3 is 6.18 Å². The highest BCUT2D eigenvalue weighted by molar-refractivity contribution is 6.33. The van der Waals surface area contributed by atoms with Gasteiger partial charge in [0.15, 0.2) is 11.5 Å². The van der Waals surface area contributed by atoms with Crippen LogP contribution in [0.25, 0.3) is 5.65 Å². The molecule has 0 bridgehead atoms. The van der Waals surface area contributed by atoms with Crippen molar-refractivity contribution in [3.8, 4) is 0 Å². The molecule has 4 rings (SSSR count). The summed E-state index contributed by atoms with van der Waals surface area (Å²) in [5, 5.41) is 8.55. The summed E-state index contributed by atoms with van der Waals surface area (Å²) in [6.45, 7) is 1.88. The SMILES string of the molecule is Cn1nc(N2CCCC2)nc1CCc1nc2c(Cl)ccc(C(F)(F)F)n2n1. The van der Waals surface area contributed by atoms with Crippen LogP contribution >= 0.6 is 11.6 Å². The second kappa shape index (κ2) is 6.66. The first-order valence-corrected chi connectivity index (χ1v) is 8.97. The predicted molar refractivity (Wildman–Crippen MR) is 92.9 cm³/mol. The molecule has 11 heteroatoms. The average Bonchev–Trinajstić information content (AvgIpc) is 3.31. The molecule has 0 unspecified atom stereocenters. The van der Waals surface area contributed by atoms with E-state index in [1.54, 1.807) is 11.7 Å². The first-order valence-electron chi connectivity index (χ1n) is 8.59. The number of rotatable bonds is 4. The zero-order chi connectivity index (χ0) is 19.2. The smallest absolute Gasteiger partial charge is 0.340 e. The first kappa shape index (κ1) is 18.0. The predicted octanol–water partition coefficient (Wildman–Crippen LogP) is 2.92. The van der Waals surface area contributed by atoms with Crippen LogP contribution in [0.5, 0.6) is 0 Å². The van der Waals surface area contributed by atoms with E-state index in [9.17, 15) is 13.2 Å². The van der Waals surface area contributed by atoms with Crippen LogP contribution < -0.4 is 4.90 Å². The van der Waals surface area contributed by atoms with Crippen LogP contribution in [0.1, 0.15) is 30.2 Å². The fourth-order valence-electron chi connectivity index (χ4n) is 3.19. The summed E-state index contributed by atoms with van der Waals surface area (Å²) in [4.78, 5) is 10.8. The lowest BCUT2D eigenvalue weighted by molar-refractivity contribution is -0.142. The zero-order valence-corrected chi connectivity index (χ0v) is 15.3. The lowest BCUT2D eigenvalue weighted by Gasteiger charge is -2.10. The summed E-state index contributed by atoms with van der Waals surface area (Å²) in [6.07, 6.45) is -1.49. The quantitative estimate of drug-likeness (QED) is 0.675. The van der Waals surface area contributed by atoms with E-state index >= 15 is 0 Å². The van der Waals surface area contributed by atoms with Gasteiger partial charge in [-0.3, -0.25) is 4.68 Å². The number of nitrogens with zero attached hydrogens (tertiary/aromatic N) is 7. The highest BCUT2D eigenvalue weighted by Crippen LogP contribution is 2.31. The summed E-state index contributed by atoms with van der Waals surface area (Å²) in [5.74, 6) is 1.70. The second-order valence-corrected chi connectivity index (χ2v) is 6.88. The van der Waals surface area contributed by atoms with E-state index in [1.165, 1.54) is 6.07 Å². The molecule has 0 N–H and O–H groups in total. The van der Waals surface area contributed by atoms with Crippen molar-refractivity contribution in [2.45, 2.75) is 31.9 Å². The van der Waals surface area contributed by atoms with Crippen molar-refractivity contribution in [3.63, 3.8) is 0 Å². The molecule has 4 heterocycles. The van der Waals surface area contributed by atoms with E-state index in [1.807, 2.05) is 0 Å². The molecule has 3 aromatic heterocycles. The van der Waals surface area contributed by atoms with Gasteiger partial charge in [0.05, 0.1) is 5.02 Å². The van der Waals surface area contributed by atoms with E-state index in [0.717, 1.165) is 42.3 Å². The molecule has 0 amide bonds. The fraction of sp³-hybridized carbons (Fsp3) is 0.500. The molecule has 3 aromatic rings. The first-order chi connectivity index (χ1) is 12.8. The Balaban J connectivity index is 1.57. The third-order valence-electron chi connectivity index (χ3n) is 4.57. The lowest BCUT2D eigenvalue weighted by Crippen LogP contribution is -2.19. The molecule has 1 saturated heterocycles. The van der Waals surface area contributed by atoms with Gasteiger partial charge in [0, 0.05) is 33.0 Å². The van der Waals surface area contributed by atoms with Crippen molar-refractivity contribution < 1.29 is 13.2 Å². The van der Waals surface area contributed by atoms with Gasteiger partial charge in [-0.1, -0.05) is 11.6 Å². The van der Waals surface area contributed by atoms with Crippen LogP contribution in [0.2, 0.25) is 5.02 Å². The third-order valence-corrected chi connectivity index (χ3v) is 4.87. The second-order valence-electron chi connectivity index (χ2n) is 6.47. The zero-order valence-electron chi connectivity index (χ0n) is 14.5. The average molecular weight is 400 g/mol. The normalized spacial score (nSPS) is 15.2. The number of alkyl halides is 3. The van der Waals surface area contributed by atoms with Crippen LogP contribution in [-0.4, -0.2) is 42.5 Å². The molecule has 27 heavy (non-hydrogen) atoms. The van der Waals surface area contributed by atoms with Crippen LogP contribution in [-0.2, 0) is 26.1 Å². The Hall–Kier alpha value is -2.36. The Labute approximate surface area is 157 Å². The lowest BCUT2D eigenvalue weighted by atomic mass is 10.3. The number of fused-ring (bicyclic) bond motifs is 1. The molecular weight excluding hydrogens is 383 g/mol. The topological polar surface area (TPSA) is 64.1 Å². The minimum atomic E-state index is -4.54. The molecular formula is C16H17ClF3N7. The highest BCUT2D eigenvalue weighted by Gasteiger charge is 2.35. The summed E-state index contributed by atoms with van der Waals surface area (Å²) in [6, 6.07) is 2.09. The Kier molecular flexibility index (Phi) is 4.45. The van der Waals surface area contributed by atoms with Crippen LogP contribution in [0.15, 0.2) is 12.1 Å². The largest absolute Gasteiger partial charge is 0.433 e. The third kappa shape index (κ3) is 3.45. The molecule has 0 saturated carbocycles. The number of anilines is 1. The molecule has 0 atom stereocenters. The van der Waals surface area contributed by atoms with E-state index < -0.39 is 11.9 Å². The van der Waals surface area contributed by atoms with Crippen molar-refractivity contribution in [2.24, 2.45) is 7.05 Å². The van der Waals surface area contributed by atoms with Crippen LogP contribution in [0.3, 0.4) is 0 Å². The van der Waals surface area contributed by atoms with Gasteiger partial charge in [-0.15, -0.1) is 5.10 Å². The standard InChI is InChI=1S/C16H17ClF3N7/c1-25-13(22-15(24-25)26-8-2-3-9-26)7-6-12-21-14-10(17)4-5-11(16(18,19)20)27(14)23-12/h4-5H,2-3,6-9H2,1H3. The maximum atomic E-state index is 13.2. The Morgan fingerprint density at radius 1 is 1.07 bits per heavy atom. The van der Waals surface area contributed by atoms with Crippen molar-refractivity contribution in [2.75, 3.05) is 18.0 Å². The number of hydrogen-bond acceptors (Lipinski definition) is 5. The van der Waals surface area contributed by atoms with Gasteiger partial charge in [0.2, 0.25) is 5.95 Å². The summed E-state index contributed by atoms with van der Waals surface area (Å²) in [5.41, 5.74) is -0.909. The Morgan fingerprint density at radius 3 is 2.52 bits per heavy atom. The number of pyridine rings is 1. The Morgan fingerprint density at radius 2 is 1.81 bits per heavy atom. The maximum Gasteiger partial charge on any atom is 0.433 e. The van der Waals surface area contributed by atoms with E-state index in [2.05, 4.69) is 25.1 Å². The van der Waals surface area contributed by atoms with Gasteiger partial charge in [0.25, 0.3) is 0 Å². The molecule has 1 aliphatic rings. The minimum Gasteiger partial charge on any atom is -0.340 e. The summed E-state index contributed by atoms with van der Waals surface area (Å²) < 4.78 is 41.9. The summed E-state index contributed by atoms with van der Waals surface area (Å²) >= 11 is 5.99. The monoisotopic (exact) mass is 399 g/mol. The molecule has 7 nitrogen and oxygen atoms in total. The molecule has 1 fully saturated rings. The van der Waals surface area contributed by atoms with Gasteiger partial charge in [0.1, 0.15) is 11.5 Å². The molecule has 0 spiro atoms. The molecule has 1 aliphatic heterocycles. The molecule has 0 aromatic carbocycles. The van der Waals surface area contributed by atoms with Gasteiger partial charge in [-0.05, 0) is 25.0 Å². The van der Waals surface area contributed by atoms with Crippen molar-refractivity contribution in [3.05, 3.63) is 34.5 Å². The molecule has 0 aliphatic carbocycles. The number of hydrogen-bond donors (Lipinski definition) is 0. The van der Waals surface area contributed by atoms with E-state index in [4.69, 9.17) is 11.6 Å². The maximum absolute atomic E-state index is 13.2. The van der Waals surface area contributed by atoms with Crippen LogP contribution in [0, 0.1) is 0 Å². The van der Waals surface area contributed by atoms with Crippen molar-refractivity contribution >= 4 is 23.2 Å². The highest BCUT2D eigenvalue weighted by atomic mass is 35.5. The van der Waals surface area contributed by atoms with Crippen molar-refractivity contribution in [1.82, 2.24) is 29.4 Å². The Bertz CT molecular complexity index is 972. The van der Waals surface area contributed by atoms with E-state index in [0.29, 0.717) is 18.8 Å². The minimum absolute atomic E-state index is 0.00258. The van der Waals surface area contributed by atoms with Gasteiger partial charge < -0.3 is 4.90 Å². The number of aryl methyl sites for hydroxylation is 3.